The van der Waals surface area contributed by atoms with Gasteiger partial charge in [-0.25, -0.2) is 0 Å². The van der Waals surface area contributed by atoms with Crippen LogP contribution in [0.4, 0.5) is 0 Å². The van der Waals surface area contributed by atoms with Crippen LogP contribution in [0.1, 0.15) is 49.0 Å². The van der Waals surface area contributed by atoms with Gasteiger partial charge in [0.05, 0.1) is 12.8 Å². The zero-order chi connectivity index (χ0) is 16.3. The van der Waals surface area contributed by atoms with Crippen LogP contribution >= 0.6 is 0 Å². The fourth-order valence-electron chi connectivity index (χ4n) is 3.31. The van der Waals surface area contributed by atoms with Crippen LogP contribution in [0, 0.1) is 0 Å². The molecule has 0 saturated carbocycles. The first-order valence-electron chi connectivity index (χ1n) is 8.17. The van der Waals surface area contributed by atoms with E-state index in [1.807, 2.05) is 6.07 Å². The Morgan fingerprint density at radius 1 is 1.35 bits per heavy atom. The number of nitrogens with one attached hydrogen (secondary N) is 1. The van der Waals surface area contributed by atoms with Crippen molar-refractivity contribution in [3.63, 3.8) is 0 Å². The zero-order valence-corrected chi connectivity index (χ0v) is 13.4. The van der Waals surface area contributed by atoms with E-state index in [-0.39, 0.29) is 18.4 Å². The number of amides is 1. The van der Waals surface area contributed by atoms with Gasteiger partial charge in [0.1, 0.15) is 11.4 Å². The lowest BCUT2D eigenvalue weighted by Gasteiger charge is -2.26. The zero-order valence-electron chi connectivity index (χ0n) is 13.4. The van der Waals surface area contributed by atoms with Crippen molar-refractivity contribution in [2.75, 3.05) is 6.54 Å². The van der Waals surface area contributed by atoms with E-state index in [0.717, 1.165) is 19.3 Å². The van der Waals surface area contributed by atoms with Crippen LogP contribution in [-0.4, -0.2) is 17.6 Å². The van der Waals surface area contributed by atoms with Crippen LogP contribution < -0.4 is 5.32 Å². The number of aliphatic hydroxyl groups is 1. The molecule has 0 saturated heterocycles. The van der Waals surface area contributed by atoms with Crippen molar-refractivity contribution in [1.29, 1.82) is 0 Å². The maximum Gasteiger partial charge on any atom is 0.220 e. The maximum atomic E-state index is 12.3. The molecule has 1 amide bonds. The molecule has 4 nitrogen and oxygen atoms in total. The largest absolute Gasteiger partial charge is 0.466 e. The highest BCUT2D eigenvalue weighted by atomic mass is 16.4. The number of carbonyl (C=O) groups excluding carboxylic acids is 1. The molecule has 122 valence electrons. The Labute approximate surface area is 136 Å². The van der Waals surface area contributed by atoms with Gasteiger partial charge in [-0.2, -0.15) is 0 Å². The third kappa shape index (κ3) is 3.64. The Bertz CT molecular complexity index is 661. The number of rotatable bonds is 5. The SMILES string of the molecule is CC(O)(CNC(=O)CC1CCCc2ccccc21)c1ccco1. The molecular weight excluding hydrogens is 290 g/mol. The lowest BCUT2D eigenvalue weighted by molar-refractivity contribution is -0.122. The highest BCUT2D eigenvalue weighted by Crippen LogP contribution is 2.33. The number of carbonyl (C=O) groups is 1. The normalized spacial score (nSPS) is 19.7. The van der Waals surface area contributed by atoms with Crippen molar-refractivity contribution in [1.82, 2.24) is 5.32 Å². The van der Waals surface area contributed by atoms with Gasteiger partial charge >= 0.3 is 0 Å². The molecule has 2 N–H and O–H groups in total. The van der Waals surface area contributed by atoms with E-state index in [4.69, 9.17) is 4.42 Å². The lowest BCUT2D eigenvalue weighted by atomic mass is 9.81. The van der Waals surface area contributed by atoms with Crippen LogP contribution in [0.3, 0.4) is 0 Å². The minimum atomic E-state index is -1.19. The first-order valence-corrected chi connectivity index (χ1v) is 8.17. The van der Waals surface area contributed by atoms with Gasteiger partial charge in [0.2, 0.25) is 5.91 Å². The van der Waals surface area contributed by atoms with E-state index in [9.17, 15) is 9.90 Å². The Morgan fingerprint density at radius 2 is 2.17 bits per heavy atom. The molecule has 4 heteroatoms. The van der Waals surface area contributed by atoms with Crippen molar-refractivity contribution in [2.45, 2.75) is 44.1 Å². The quantitative estimate of drug-likeness (QED) is 0.891. The van der Waals surface area contributed by atoms with E-state index >= 15 is 0 Å². The van der Waals surface area contributed by atoms with E-state index in [2.05, 4.69) is 23.5 Å². The maximum absolute atomic E-state index is 12.3. The number of hydrogen-bond acceptors (Lipinski definition) is 3. The third-order valence-corrected chi connectivity index (χ3v) is 4.61. The predicted molar refractivity (Wildman–Crippen MR) is 88.0 cm³/mol. The average Bonchev–Trinajstić information content (AvgIpc) is 3.09. The number of fused-ring (bicyclic) bond motifs is 1. The first kappa shape index (κ1) is 15.8. The summed E-state index contributed by atoms with van der Waals surface area (Å²) < 4.78 is 5.23. The first-order chi connectivity index (χ1) is 11.1. The van der Waals surface area contributed by atoms with Gasteiger partial charge in [0, 0.05) is 6.42 Å². The van der Waals surface area contributed by atoms with Crippen molar-refractivity contribution < 1.29 is 14.3 Å². The molecule has 1 aliphatic carbocycles. The summed E-state index contributed by atoms with van der Waals surface area (Å²) in [7, 11) is 0. The number of benzene rings is 1. The van der Waals surface area contributed by atoms with Crippen molar-refractivity contribution in [3.8, 4) is 0 Å². The molecule has 2 unspecified atom stereocenters. The molecular formula is C19H23NO3. The molecule has 2 aromatic rings. The Kier molecular flexibility index (Phi) is 4.53. The number of furan rings is 1. The summed E-state index contributed by atoms with van der Waals surface area (Å²) in [6, 6.07) is 11.8. The molecule has 1 heterocycles. The molecule has 1 aromatic carbocycles. The van der Waals surface area contributed by atoms with Gasteiger partial charge in [0.15, 0.2) is 0 Å². The van der Waals surface area contributed by atoms with Crippen molar-refractivity contribution >= 4 is 5.91 Å². The summed E-state index contributed by atoms with van der Waals surface area (Å²) in [6.45, 7) is 1.79. The Balaban J connectivity index is 1.58. The predicted octanol–water partition coefficient (Wildman–Crippen LogP) is 3.11. The van der Waals surface area contributed by atoms with Crippen LogP contribution in [0.15, 0.2) is 47.1 Å². The molecule has 2 atom stereocenters. The highest BCUT2D eigenvalue weighted by molar-refractivity contribution is 5.77. The summed E-state index contributed by atoms with van der Waals surface area (Å²) in [5.74, 6) is 0.702. The summed E-state index contributed by atoms with van der Waals surface area (Å²) in [5, 5.41) is 13.2. The lowest BCUT2D eigenvalue weighted by Crippen LogP contribution is -2.38. The summed E-state index contributed by atoms with van der Waals surface area (Å²) in [6.07, 6.45) is 5.25. The van der Waals surface area contributed by atoms with Gasteiger partial charge in [-0.15, -0.1) is 0 Å². The van der Waals surface area contributed by atoms with Gasteiger partial charge in [-0.1, -0.05) is 24.3 Å². The van der Waals surface area contributed by atoms with Gasteiger partial charge < -0.3 is 14.8 Å². The van der Waals surface area contributed by atoms with E-state index in [0.29, 0.717) is 12.2 Å². The number of aryl methyl sites for hydroxylation is 1. The van der Waals surface area contributed by atoms with E-state index in [1.165, 1.54) is 17.4 Å². The van der Waals surface area contributed by atoms with Gasteiger partial charge in [-0.3, -0.25) is 4.79 Å². The molecule has 1 aliphatic rings. The molecule has 0 aliphatic heterocycles. The second kappa shape index (κ2) is 6.59. The average molecular weight is 313 g/mol. The molecule has 0 fully saturated rings. The Morgan fingerprint density at radius 3 is 2.96 bits per heavy atom. The smallest absolute Gasteiger partial charge is 0.220 e. The fourth-order valence-corrected chi connectivity index (χ4v) is 3.31. The standard InChI is InChI=1S/C19H23NO3/c1-19(22,17-10-5-11-23-17)13-20-18(21)12-15-8-4-7-14-6-2-3-9-16(14)15/h2-3,5-6,9-11,15,22H,4,7-8,12-13H2,1H3,(H,20,21). The minimum absolute atomic E-state index is 0.0291. The highest BCUT2D eigenvalue weighted by Gasteiger charge is 2.28. The van der Waals surface area contributed by atoms with Crippen LogP contribution in [0.5, 0.6) is 0 Å². The second-order valence-corrected chi connectivity index (χ2v) is 6.52. The third-order valence-electron chi connectivity index (χ3n) is 4.61. The van der Waals surface area contributed by atoms with E-state index < -0.39 is 5.60 Å². The van der Waals surface area contributed by atoms with Crippen molar-refractivity contribution in [2.24, 2.45) is 0 Å². The van der Waals surface area contributed by atoms with Crippen LogP contribution in [-0.2, 0) is 16.8 Å². The molecule has 0 spiro atoms. The molecule has 0 radical (unpaired) electrons. The van der Waals surface area contributed by atoms with Gasteiger partial charge in [-0.05, 0) is 55.4 Å². The van der Waals surface area contributed by atoms with E-state index in [1.54, 1.807) is 19.1 Å². The minimum Gasteiger partial charge on any atom is -0.466 e. The summed E-state index contributed by atoms with van der Waals surface area (Å²) in [4.78, 5) is 12.3. The topological polar surface area (TPSA) is 62.5 Å². The van der Waals surface area contributed by atoms with Crippen LogP contribution in [0.25, 0.3) is 0 Å². The van der Waals surface area contributed by atoms with Gasteiger partial charge in [0.25, 0.3) is 0 Å². The fraction of sp³-hybridized carbons (Fsp3) is 0.421. The molecule has 3 rings (SSSR count). The van der Waals surface area contributed by atoms with Crippen LogP contribution in [0.2, 0.25) is 0 Å². The van der Waals surface area contributed by atoms with Crippen molar-refractivity contribution in [3.05, 3.63) is 59.5 Å². The monoisotopic (exact) mass is 313 g/mol. The summed E-state index contributed by atoms with van der Waals surface area (Å²) in [5.41, 5.74) is 1.47. The number of hydrogen-bond donors (Lipinski definition) is 2. The summed E-state index contributed by atoms with van der Waals surface area (Å²) >= 11 is 0. The molecule has 0 bridgehead atoms. The molecule has 1 aromatic heterocycles. The second-order valence-electron chi connectivity index (χ2n) is 6.52. The molecule has 23 heavy (non-hydrogen) atoms. The Hall–Kier alpha value is -2.07.